The number of pyridine rings is 3. The predicted molar refractivity (Wildman–Crippen MR) is 295 cm³/mol. The zero-order chi connectivity index (χ0) is 48.4. The summed E-state index contributed by atoms with van der Waals surface area (Å²) in [5.41, 5.74) is 24.5. The van der Waals surface area contributed by atoms with Crippen molar-refractivity contribution in [1.29, 1.82) is 0 Å². The molecule has 4 aromatic heterocycles. The molecular weight excluding hydrogens is 970 g/mol. The third kappa shape index (κ3) is 10.3. The minimum Gasteiger partial charge on any atom is -0.696 e. The molecule has 0 atom stereocenters. The van der Waals surface area contributed by atoms with Gasteiger partial charge in [0.15, 0.2) is 0 Å². The van der Waals surface area contributed by atoms with Gasteiger partial charge in [0.05, 0.1) is 16.6 Å². The fraction of sp³-hybridized carbons (Fsp3) is 0.0317. The number of hydrogen-bond donors (Lipinski definition) is 0. The van der Waals surface area contributed by atoms with Crippen LogP contribution in [-0.4, -0.2) is 32.8 Å². The number of aromatic nitrogens is 5. The van der Waals surface area contributed by atoms with Crippen LogP contribution in [0.4, 0.5) is 11.4 Å². The molecule has 12 aromatic rings. The van der Waals surface area contributed by atoms with Gasteiger partial charge in [-0.2, -0.15) is 0 Å². The van der Waals surface area contributed by atoms with Crippen LogP contribution in [0.2, 0.25) is 0 Å². The van der Waals surface area contributed by atoms with Gasteiger partial charge in [-0.15, -0.1) is 5.69 Å². The van der Waals surface area contributed by atoms with Gasteiger partial charge in [-0.05, 0) is 91.9 Å². The largest absolute Gasteiger partial charge is 3.00 e. The summed E-state index contributed by atoms with van der Waals surface area (Å²) in [5.74, 6) is 1.11. The van der Waals surface area contributed by atoms with E-state index in [9.17, 15) is 0 Å². The molecule has 0 spiro atoms. The van der Waals surface area contributed by atoms with Gasteiger partial charge in [-0.3, -0.25) is 15.0 Å². The number of para-hydroxylation sites is 3. The molecular formula is C63H47N8Ru. The number of nitrogens with one attached hydrogen (secondary N) is 1. The molecule has 4 heterocycles. The van der Waals surface area contributed by atoms with E-state index in [4.69, 9.17) is 5.73 Å². The van der Waals surface area contributed by atoms with Crippen LogP contribution in [0.15, 0.2) is 248 Å². The maximum absolute atomic E-state index is 8.78. The van der Waals surface area contributed by atoms with E-state index < -0.39 is 0 Å². The van der Waals surface area contributed by atoms with Crippen LogP contribution in [0.25, 0.3) is 93.7 Å². The van der Waals surface area contributed by atoms with Crippen molar-refractivity contribution in [1.82, 2.24) is 24.9 Å². The molecule has 12 rings (SSSR count). The molecule has 0 aliphatic heterocycles. The molecule has 0 bridgehead atoms. The topological polar surface area (TPSA) is 116 Å². The van der Waals surface area contributed by atoms with Crippen molar-refractivity contribution in [3.8, 4) is 33.4 Å². The smallest absolute Gasteiger partial charge is 0.696 e. The number of allylic oxidation sites excluding steroid dienone is 1. The fourth-order valence-corrected chi connectivity index (χ4v) is 8.81. The molecule has 9 heteroatoms. The van der Waals surface area contributed by atoms with Crippen molar-refractivity contribution < 1.29 is 19.5 Å². The van der Waals surface area contributed by atoms with Crippen molar-refractivity contribution >= 4 is 66.5 Å². The zero-order valence-electron chi connectivity index (χ0n) is 39.6. The third-order valence-corrected chi connectivity index (χ3v) is 12.2. The van der Waals surface area contributed by atoms with Crippen molar-refractivity contribution in [3.05, 3.63) is 271 Å². The summed E-state index contributed by atoms with van der Waals surface area (Å²) in [6.45, 7) is 2.01. The maximum Gasteiger partial charge on any atom is 3.00 e. The Hall–Kier alpha value is -8.91. The Morgan fingerprint density at radius 3 is 1.42 bits per heavy atom. The first kappa shape index (κ1) is 48.1. The Bertz CT molecular complexity index is 3670. The summed E-state index contributed by atoms with van der Waals surface area (Å²) in [5, 5.41) is 7.73. The second kappa shape index (κ2) is 22.7. The van der Waals surface area contributed by atoms with Gasteiger partial charge >= 0.3 is 19.5 Å². The van der Waals surface area contributed by atoms with Crippen LogP contribution in [0.1, 0.15) is 23.9 Å². The van der Waals surface area contributed by atoms with Gasteiger partial charge in [-0.25, -0.2) is 0 Å². The minimum absolute atomic E-state index is 0. The number of amidine groups is 1. The summed E-state index contributed by atoms with van der Waals surface area (Å²) in [7, 11) is 1.70. The second-order valence-electron chi connectivity index (χ2n) is 16.5. The van der Waals surface area contributed by atoms with E-state index in [1.165, 1.54) is 22.3 Å². The average Bonchev–Trinajstić information content (AvgIpc) is 3.89. The first-order valence-corrected chi connectivity index (χ1v) is 23.4. The molecule has 0 aliphatic carbocycles. The van der Waals surface area contributed by atoms with Crippen LogP contribution in [0.3, 0.4) is 0 Å². The summed E-state index contributed by atoms with van der Waals surface area (Å²) in [6.07, 6.45) is 7.61. The standard InChI is InChI=1S/C24H16N2.C24H19N2.C15H12N4.Ru/c1-3-7-17(8-4-1)19-13-15-25-23-21(19)11-12-22-20(14-16-26-24(22)23)18-9-5-2-6-10-18;1-2-19(17-9-5-3-6-10-17)21-13-14-22-20(18-11-7-4-8-12-18)15-16-26-24(22)23(21)25;1-16-14(17-11-7-3-2-4-8-11)15-18-12-9-5-6-10-13(12)19-15;/h1-16H;2-16,25H,1H3;2-10H,1H3;/q;-1;-2;+3/b;19-2-;;. The van der Waals surface area contributed by atoms with E-state index >= 15 is 0 Å². The van der Waals surface area contributed by atoms with Gasteiger partial charge in [-0.1, -0.05) is 225 Å². The van der Waals surface area contributed by atoms with E-state index in [-0.39, 0.29) is 19.5 Å². The van der Waals surface area contributed by atoms with Crippen molar-refractivity contribution in [2.75, 3.05) is 7.05 Å². The number of imidazole rings is 1. The van der Waals surface area contributed by atoms with Gasteiger partial charge in [0, 0.05) is 34.7 Å². The monoisotopic (exact) mass is 1020 g/mol. The Labute approximate surface area is 431 Å². The first-order valence-electron chi connectivity index (χ1n) is 23.4. The van der Waals surface area contributed by atoms with E-state index in [0.717, 1.165) is 77.3 Å². The van der Waals surface area contributed by atoms with Crippen molar-refractivity contribution in [2.24, 2.45) is 4.99 Å². The molecule has 0 amide bonds. The third-order valence-electron chi connectivity index (χ3n) is 12.2. The second-order valence-corrected chi connectivity index (χ2v) is 16.5. The fourth-order valence-electron chi connectivity index (χ4n) is 8.81. The van der Waals surface area contributed by atoms with Crippen LogP contribution < -0.4 is 4.98 Å². The number of nitrogens with zero attached hydrogens (tertiary/aromatic N) is 7. The Morgan fingerprint density at radius 2 is 0.931 bits per heavy atom. The van der Waals surface area contributed by atoms with Crippen LogP contribution in [0, 0.1) is 0 Å². The van der Waals surface area contributed by atoms with Crippen LogP contribution in [-0.2, 0) is 19.5 Å². The molecule has 0 saturated carbocycles. The summed E-state index contributed by atoms with van der Waals surface area (Å²) in [4.78, 5) is 26.9. The number of rotatable bonds is 7. The molecule has 8 nitrogen and oxygen atoms in total. The SMILES string of the molecule is C/C=C(/c1ccccc1)c1ccc2c(-c3ccccc3)ccnc2c1[NH-].CN=C([N-]c1ccccc1)c1nc2ccccc2[n-]1.[Ru+3].c1ccc(-c2ccnc3c2ccc2c(-c4ccccc4)ccnc23)cc1. The van der Waals surface area contributed by atoms with E-state index in [1.54, 1.807) is 13.2 Å². The Kier molecular flexibility index (Phi) is 15.2. The van der Waals surface area contributed by atoms with Gasteiger partial charge in [0.2, 0.25) is 0 Å². The molecule has 1 N–H and O–H groups in total. The first-order chi connectivity index (χ1) is 35.1. The molecule has 0 saturated heterocycles. The van der Waals surface area contributed by atoms with Gasteiger partial charge in [0.25, 0.3) is 0 Å². The predicted octanol–water partition coefficient (Wildman–Crippen LogP) is 16.4. The quantitative estimate of drug-likeness (QED) is 0.0682. The molecule has 347 valence electrons. The summed E-state index contributed by atoms with van der Waals surface area (Å²) in [6, 6.07) is 73.4. The molecule has 8 aromatic carbocycles. The number of aliphatic imine (C=N–C) groups is 1. The van der Waals surface area contributed by atoms with Gasteiger partial charge in [0.1, 0.15) is 0 Å². The van der Waals surface area contributed by atoms with Gasteiger partial charge < -0.3 is 26.0 Å². The molecule has 0 fully saturated rings. The normalized spacial score (nSPS) is 11.3. The Balaban J connectivity index is 0.000000134. The van der Waals surface area contributed by atoms with E-state index in [2.05, 4.69) is 144 Å². The average molecular weight is 1020 g/mol. The summed E-state index contributed by atoms with van der Waals surface area (Å²) < 4.78 is 0. The van der Waals surface area contributed by atoms with E-state index in [1.807, 2.05) is 135 Å². The molecule has 0 unspecified atom stereocenters. The molecule has 72 heavy (non-hydrogen) atoms. The minimum atomic E-state index is 0. The number of hydrogen-bond acceptors (Lipinski definition) is 5. The number of fused-ring (bicyclic) bond motifs is 5. The number of benzene rings is 8. The van der Waals surface area contributed by atoms with Crippen LogP contribution >= 0.6 is 0 Å². The molecule has 0 aliphatic rings. The van der Waals surface area contributed by atoms with Crippen molar-refractivity contribution in [2.45, 2.75) is 6.92 Å². The summed E-state index contributed by atoms with van der Waals surface area (Å²) >= 11 is 0. The maximum atomic E-state index is 8.78. The molecule has 1 radical (unpaired) electrons. The van der Waals surface area contributed by atoms with E-state index in [0.29, 0.717) is 17.3 Å². The van der Waals surface area contributed by atoms with Crippen molar-refractivity contribution in [3.63, 3.8) is 0 Å². The van der Waals surface area contributed by atoms with Crippen LogP contribution in [0.5, 0.6) is 0 Å². The Morgan fingerprint density at radius 1 is 0.500 bits per heavy atom. The zero-order valence-corrected chi connectivity index (χ0v) is 41.3.